The highest BCUT2D eigenvalue weighted by Gasteiger charge is 2.26. The first-order valence-corrected chi connectivity index (χ1v) is 9.18. The van der Waals surface area contributed by atoms with Crippen molar-refractivity contribution in [1.82, 2.24) is 14.9 Å². The lowest BCUT2D eigenvalue weighted by molar-refractivity contribution is 0.337. The van der Waals surface area contributed by atoms with Crippen LogP contribution in [0.15, 0.2) is 30.5 Å². The van der Waals surface area contributed by atoms with Crippen molar-refractivity contribution in [1.29, 1.82) is 0 Å². The van der Waals surface area contributed by atoms with Gasteiger partial charge in [-0.1, -0.05) is 12.1 Å². The molecule has 1 aromatic heterocycles. The molecule has 1 saturated heterocycles. The van der Waals surface area contributed by atoms with Crippen molar-refractivity contribution in [2.75, 3.05) is 38.2 Å². The summed E-state index contributed by atoms with van der Waals surface area (Å²) in [6, 6.07) is 9.11. The third-order valence-electron chi connectivity index (χ3n) is 5.36. The van der Waals surface area contributed by atoms with Crippen LogP contribution < -0.4 is 9.64 Å². The van der Waals surface area contributed by atoms with Gasteiger partial charge in [0.25, 0.3) is 0 Å². The summed E-state index contributed by atoms with van der Waals surface area (Å²) in [5, 5.41) is 0. The summed E-state index contributed by atoms with van der Waals surface area (Å²) < 4.78 is 5.59. The Bertz CT molecular complexity index is 748. The summed E-state index contributed by atoms with van der Waals surface area (Å²) in [5.41, 5.74) is 3.81. The molecule has 5 nitrogen and oxygen atoms in total. The zero-order valence-corrected chi connectivity index (χ0v) is 15.1. The molecule has 25 heavy (non-hydrogen) atoms. The second-order valence-electron chi connectivity index (χ2n) is 7.14. The summed E-state index contributed by atoms with van der Waals surface area (Å²) in [7, 11) is 2.11. The molecule has 2 aliphatic heterocycles. The molecule has 132 valence electrons. The smallest absolute Gasteiger partial charge is 0.225 e. The van der Waals surface area contributed by atoms with Gasteiger partial charge in [-0.3, -0.25) is 0 Å². The van der Waals surface area contributed by atoms with E-state index in [0.717, 1.165) is 56.5 Å². The predicted octanol–water partition coefficient (Wildman–Crippen LogP) is 2.47. The van der Waals surface area contributed by atoms with Gasteiger partial charge in [-0.2, -0.15) is 0 Å². The van der Waals surface area contributed by atoms with Gasteiger partial charge in [0.05, 0.1) is 6.61 Å². The van der Waals surface area contributed by atoms with Crippen LogP contribution in [0.25, 0.3) is 0 Å². The molecule has 1 unspecified atom stereocenters. The molecule has 1 fully saturated rings. The van der Waals surface area contributed by atoms with Gasteiger partial charge < -0.3 is 14.5 Å². The lowest BCUT2D eigenvalue weighted by Gasteiger charge is -2.25. The first kappa shape index (κ1) is 16.3. The van der Waals surface area contributed by atoms with Crippen molar-refractivity contribution in [2.45, 2.75) is 32.2 Å². The summed E-state index contributed by atoms with van der Waals surface area (Å²) in [4.78, 5) is 13.8. The maximum atomic E-state index is 5.59. The number of ether oxygens (including phenoxy) is 1. The van der Waals surface area contributed by atoms with E-state index in [2.05, 4.69) is 45.0 Å². The average Bonchev–Trinajstić information content (AvgIpc) is 3.28. The molecule has 0 bridgehead atoms. The van der Waals surface area contributed by atoms with Crippen LogP contribution in [0.2, 0.25) is 0 Å². The number of aryl methyl sites for hydroxylation is 1. The highest BCUT2D eigenvalue weighted by atomic mass is 16.5. The average molecular weight is 338 g/mol. The molecule has 0 spiro atoms. The van der Waals surface area contributed by atoms with Gasteiger partial charge >= 0.3 is 0 Å². The first-order valence-electron chi connectivity index (χ1n) is 9.18. The number of benzene rings is 1. The normalized spacial score (nSPS) is 19.7. The fourth-order valence-corrected chi connectivity index (χ4v) is 3.78. The van der Waals surface area contributed by atoms with Gasteiger partial charge in [0.15, 0.2) is 0 Å². The van der Waals surface area contributed by atoms with E-state index in [4.69, 9.17) is 4.74 Å². The van der Waals surface area contributed by atoms with Crippen molar-refractivity contribution in [3.05, 3.63) is 47.3 Å². The second-order valence-corrected chi connectivity index (χ2v) is 7.14. The number of anilines is 1. The molecule has 0 N–H and O–H groups in total. The Morgan fingerprint density at radius 2 is 2.24 bits per heavy atom. The summed E-state index contributed by atoms with van der Waals surface area (Å²) >= 11 is 0. The van der Waals surface area contributed by atoms with Gasteiger partial charge in [-0.15, -0.1) is 0 Å². The molecule has 3 heterocycles. The van der Waals surface area contributed by atoms with Gasteiger partial charge in [-0.05, 0) is 43.0 Å². The molecule has 1 atom stereocenters. The molecule has 0 saturated carbocycles. The minimum atomic E-state index is 0.496. The molecule has 2 aliphatic rings. The number of hydrogen-bond donors (Lipinski definition) is 0. The van der Waals surface area contributed by atoms with Crippen LogP contribution in [0.1, 0.15) is 23.2 Å². The first-order chi connectivity index (χ1) is 12.2. The molecule has 0 amide bonds. The fourth-order valence-electron chi connectivity index (χ4n) is 3.78. The van der Waals surface area contributed by atoms with E-state index in [-0.39, 0.29) is 0 Å². The number of nitrogens with zero attached hydrogens (tertiary/aromatic N) is 4. The molecule has 0 aliphatic carbocycles. The minimum absolute atomic E-state index is 0.496. The van der Waals surface area contributed by atoms with E-state index in [9.17, 15) is 0 Å². The molecule has 5 heteroatoms. The van der Waals surface area contributed by atoms with Crippen LogP contribution in [-0.4, -0.2) is 54.2 Å². The van der Waals surface area contributed by atoms with Gasteiger partial charge in [0.1, 0.15) is 5.75 Å². The quantitative estimate of drug-likeness (QED) is 0.838. The number of likely N-dealkylation sites (N-methyl/N-ethyl adjacent to an activating group) is 1. The van der Waals surface area contributed by atoms with Crippen LogP contribution in [-0.2, 0) is 12.8 Å². The third-order valence-corrected chi connectivity index (χ3v) is 5.36. The number of likely N-dealkylation sites (tertiary alicyclic amines) is 1. The number of fused-ring (bicyclic) bond motifs is 1. The standard InChI is InChI=1S/C20H26N4O/c1-15-5-9-21-20(22-15)23(2)18-7-11-24(14-18)10-6-16-3-4-19-17(13-16)8-12-25-19/h3-5,9,13,18H,6-8,10-12,14H2,1-2H3. The zero-order chi connectivity index (χ0) is 17.2. The molecule has 2 aromatic rings. The van der Waals surface area contributed by atoms with Crippen LogP contribution in [0.3, 0.4) is 0 Å². The van der Waals surface area contributed by atoms with E-state index in [0.29, 0.717) is 6.04 Å². The van der Waals surface area contributed by atoms with E-state index in [1.165, 1.54) is 17.5 Å². The largest absolute Gasteiger partial charge is 0.493 e. The highest BCUT2D eigenvalue weighted by molar-refractivity contribution is 5.40. The van der Waals surface area contributed by atoms with Crippen molar-refractivity contribution in [3.63, 3.8) is 0 Å². The maximum absolute atomic E-state index is 5.59. The third kappa shape index (κ3) is 3.61. The van der Waals surface area contributed by atoms with Crippen LogP contribution in [0.5, 0.6) is 5.75 Å². The minimum Gasteiger partial charge on any atom is -0.493 e. The van der Waals surface area contributed by atoms with Crippen molar-refractivity contribution in [2.24, 2.45) is 0 Å². The summed E-state index contributed by atoms with van der Waals surface area (Å²) in [5.74, 6) is 1.91. The number of rotatable bonds is 5. The molecular formula is C20H26N4O. The summed E-state index contributed by atoms with van der Waals surface area (Å²) in [6.45, 7) is 6.19. The Balaban J connectivity index is 1.32. The van der Waals surface area contributed by atoms with Crippen LogP contribution in [0.4, 0.5) is 5.95 Å². The predicted molar refractivity (Wildman–Crippen MR) is 99.4 cm³/mol. The van der Waals surface area contributed by atoms with Crippen LogP contribution in [0, 0.1) is 6.92 Å². The van der Waals surface area contributed by atoms with Crippen molar-refractivity contribution >= 4 is 5.95 Å². The number of hydrogen-bond acceptors (Lipinski definition) is 5. The zero-order valence-electron chi connectivity index (χ0n) is 15.1. The van der Waals surface area contributed by atoms with Crippen molar-refractivity contribution in [3.8, 4) is 5.75 Å². The summed E-state index contributed by atoms with van der Waals surface area (Å²) in [6.07, 6.45) is 5.17. The Labute approximate surface area is 149 Å². The van der Waals surface area contributed by atoms with E-state index < -0.39 is 0 Å². The Morgan fingerprint density at radius 3 is 3.12 bits per heavy atom. The molecule has 1 aromatic carbocycles. The number of aromatic nitrogens is 2. The van der Waals surface area contributed by atoms with Crippen molar-refractivity contribution < 1.29 is 4.74 Å². The topological polar surface area (TPSA) is 41.5 Å². The second kappa shape index (κ2) is 7.00. The van der Waals surface area contributed by atoms with E-state index in [1.807, 2.05) is 19.2 Å². The van der Waals surface area contributed by atoms with Gasteiger partial charge in [-0.25, -0.2) is 9.97 Å². The SMILES string of the molecule is Cc1ccnc(N(C)C2CCN(CCc3ccc4c(c3)CCO4)C2)n1. The lowest BCUT2D eigenvalue weighted by atomic mass is 10.1. The van der Waals surface area contributed by atoms with Crippen LogP contribution >= 0.6 is 0 Å². The molecule has 4 rings (SSSR count). The van der Waals surface area contributed by atoms with Gasteiger partial charge in [0.2, 0.25) is 5.95 Å². The molecule has 0 radical (unpaired) electrons. The van der Waals surface area contributed by atoms with Gasteiger partial charge in [0, 0.05) is 51.0 Å². The Kier molecular flexibility index (Phi) is 4.57. The fraction of sp³-hybridized carbons (Fsp3) is 0.500. The lowest BCUT2D eigenvalue weighted by Crippen LogP contribution is -2.36. The Morgan fingerprint density at radius 1 is 1.32 bits per heavy atom. The maximum Gasteiger partial charge on any atom is 0.225 e. The monoisotopic (exact) mass is 338 g/mol. The van der Waals surface area contributed by atoms with E-state index >= 15 is 0 Å². The van der Waals surface area contributed by atoms with E-state index in [1.54, 1.807) is 0 Å². The Hall–Kier alpha value is -2.14. The molecular weight excluding hydrogens is 312 g/mol. The highest BCUT2D eigenvalue weighted by Crippen LogP contribution is 2.26.